The van der Waals surface area contributed by atoms with Crippen molar-refractivity contribution in [1.82, 2.24) is 4.72 Å². The minimum atomic E-state index is -3.63. The number of nitrogens with one attached hydrogen (secondary N) is 1. The quantitative estimate of drug-likeness (QED) is 0.835. The summed E-state index contributed by atoms with van der Waals surface area (Å²) in [5.41, 5.74) is -0.167. The molecular weight excluding hydrogens is 278 g/mol. The normalized spacial score (nSPS) is 18.3. The average molecular weight is 291 g/mol. The molecule has 0 bridgehead atoms. The van der Waals surface area contributed by atoms with Crippen LogP contribution < -0.4 is 4.72 Å². The van der Waals surface area contributed by atoms with Crippen molar-refractivity contribution in [2.24, 2.45) is 5.41 Å². The first-order chi connectivity index (χ1) is 8.32. The molecule has 2 rings (SSSR count). The minimum absolute atomic E-state index is 0.00793. The van der Waals surface area contributed by atoms with E-state index < -0.39 is 16.0 Å². The molecule has 0 unspecified atom stereocenters. The topological polar surface area (TPSA) is 92.7 Å². The first kappa shape index (κ1) is 13.5. The van der Waals surface area contributed by atoms with Crippen LogP contribution in [0.15, 0.2) is 16.3 Å². The molecule has 8 heteroatoms. The van der Waals surface area contributed by atoms with Crippen molar-refractivity contribution >= 4 is 27.3 Å². The molecule has 0 atom stereocenters. The van der Waals surface area contributed by atoms with Gasteiger partial charge in [-0.15, -0.1) is 11.3 Å². The lowest BCUT2D eigenvalue weighted by atomic mass is 9.89. The summed E-state index contributed by atoms with van der Waals surface area (Å²) in [5.74, 6) is -1.12. The number of sulfonamides is 1. The van der Waals surface area contributed by atoms with Gasteiger partial charge in [0.1, 0.15) is 9.09 Å². The monoisotopic (exact) mass is 291 g/mol. The van der Waals surface area contributed by atoms with E-state index in [9.17, 15) is 13.2 Å². The van der Waals surface area contributed by atoms with Crippen LogP contribution in [0.4, 0.5) is 0 Å². The summed E-state index contributed by atoms with van der Waals surface area (Å²) in [5, 5.41) is 8.75. The molecule has 1 aromatic rings. The number of carboxylic acid groups (broad SMARTS) is 1. The fourth-order valence-electron chi connectivity index (χ4n) is 1.47. The van der Waals surface area contributed by atoms with Gasteiger partial charge in [0.05, 0.1) is 13.2 Å². The van der Waals surface area contributed by atoms with Gasteiger partial charge in [-0.2, -0.15) is 0 Å². The predicted molar refractivity (Wildman–Crippen MR) is 65.4 cm³/mol. The lowest BCUT2D eigenvalue weighted by Gasteiger charge is -2.37. The Bertz CT molecular complexity index is 559. The lowest BCUT2D eigenvalue weighted by Crippen LogP contribution is -2.48. The van der Waals surface area contributed by atoms with Crippen molar-refractivity contribution in [3.05, 3.63) is 17.0 Å². The van der Waals surface area contributed by atoms with Crippen molar-refractivity contribution in [2.45, 2.75) is 11.1 Å². The number of aromatic carboxylic acids is 1. The summed E-state index contributed by atoms with van der Waals surface area (Å²) >= 11 is 0.743. The maximum Gasteiger partial charge on any atom is 0.345 e. The summed E-state index contributed by atoms with van der Waals surface area (Å²) in [4.78, 5) is 10.7. The second-order valence-corrected chi connectivity index (χ2v) is 7.63. The summed E-state index contributed by atoms with van der Waals surface area (Å²) in [7, 11) is -3.63. The molecule has 1 aliphatic heterocycles. The molecule has 2 heterocycles. The van der Waals surface area contributed by atoms with Crippen LogP contribution >= 0.6 is 11.3 Å². The minimum Gasteiger partial charge on any atom is -0.477 e. The third kappa shape index (κ3) is 2.72. The lowest BCUT2D eigenvalue weighted by molar-refractivity contribution is -0.0965. The van der Waals surface area contributed by atoms with Gasteiger partial charge in [-0.05, 0) is 12.1 Å². The Morgan fingerprint density at radius 3 is 2.67 bits per heavy atom. The standard InChI is InChI=1S/C10H13NO5S2/c1-10(5-16-6-10)4-11-18(14,15)8-3-2-7(17-8)9(12)13/h2-3,11H,4-6H2,1H3,(H,12,13). The fourth-order valence-corrected chi connectivity index (χ4v) is 3.86. The van der Waals surface area contributed by atoms with E-state index in [0.29, 0.717) is 13.2 Å². The molecular formula is C10H13NO5S2. The summed E-state index contributed by atoms with van der Waals surface area (Å²) in [6, 6.07) is 2.59. The Morgan fingerprint density at radius 2 is 2.22 bits per heavy atom. The molecule has 2 N–H and O–H groups in total. The van der Waals surface area contributed by atoms with Crippen LogP contribution in [0.1, 0.15) is 16.6 Å². The van der Waals surface area contributed by atoms with E-state index in [1.807, 2.05) is 6.92 Å². The maximum absolute atomic E-state index is 11.9. The largest absolute Gasteiger partial charge is 0.477 e. The van der Waals surface area contributed by atoms with Crippen LogP contribution in [0.3, 0.4) is 0 Å². The highest BCUT2D eigenvalue weighted by molar-refractivity contribution is 7.91. The smallest absolute Gasteiger partial charge is 0.345 e. The third-order valence-corrected chi connectivity index (χ3v) is 5.61. The first-order valence-electron chi connectivity index (χ1n) is 5.23. The number of carboxylic acids is 1. The van der Waals surface area contributed by atoms with Crippen LogP contribution in [-0.4, -0.2) is 39.3 Å². The van der Waals surface area contributed by atoms with E-state index in [1.54, 1.807) is 0 Å². The maximum atomic E-state index is 11.9. The Morgan fingerprint density at radius 1 is 1.56 bits per heavy atom. The van der Waals surface area contributed by atoms with Crippen LogP contribution in [-0.2, 0) is 14.8 Å². The van der Waals surface area contributed by atoms with Crippen LogP contribution in [0, 0.1) is 5.41 Å². The molecule has 0 aliphatic carbocycles. The fraction of sp³-hybridized carbons (Fsp3) is 0.500. The van der Waals surface area contributed by atoms with Crippen molar-refractivity contribution < 1.29 is 23.1 Å². The molecule has 100 valence electrons. The molecule has 0 amide bonds. The number of hydrogen-bond donors (Lipinski definition) is 2. The van der Waals surface area contributed by atoms with E-state index in [4.69, 9.17) is 9.84 Å². The van der Waals surface area contributed by atoms with Crippen LogP contribution in [0.2, 0.25) is 0 Å². The van der Waals surface area contributed by atoms with E-state index in [-0.39, 0.29) is 21.0 Å². The van der Waals surface area contributed by atoms with Gasteiger partial charge in [-0.25, -0.2) is 17.9 Å². The molecule has 0 saturated carbocycles. The Labute approximate surface area is 109 Å². The van der Waals surface area contributed by atoms with E-state index >= 15 is 0 Å². The third-order valence-electron chi connectivity index (χ3n) is 2.65. The van der Waals surface area contributed by atoms with Crippen molar-refractivity contribution in [2.75, 3.05) is 19.8 Å². The van der Waals surface area contributed by atoms with Crippen molar-refractivity contribution in [1.29, 1.82) is 0 Å². The van der Waals surface area contributed by atoms with Gasteiger partial charge >= 0.3 is 5.97 Å². The zero-order chi connectivity index (χ0) is 13.4. The van der Waals surface area contributed by atoms with Gasteiger partial charge < -0.3 is 9.84 Å². The molecule has 6 nitrogen and oxygen atoms in total. The number of carbonyl (C=O) groups is 1. The first-order valence-corrected chi connectivity index (χ1v) is 7.53. The number of hydrogen-bond acceptors (Lipinski definition) is 5. The van der Waals surface area contributed by atoms with Gasteiger partial charge in [0, 0.05) is 12.0 Å². The molecule has 0 spiro atoms. The highest BCUT2D eigenvalue weighted by atomic mass is 32.2. The Kier molecular flexibility index (Phi) is 3.45. The van der Waals surface area contributed by atoms with Gasteiger partial charge in [-0.3, -0.25) is 0 Å². The molecule has 1 fully saturated rings. The van der Waals surface area contributed by atoms with Gasteiger partial charge in [0.25, 0.3) is 0 Å². The van der Waals surface area contributed by atoms with Gasteiger partial charge in [0.2, 0.25) is 10.0 Å². The average Bonchev–Trinajstić information content (AvgIpc) is 2.73. The molecule has 1 saturated heterocycles. The van der Waals surface area contributed by atoms with Crippen LogP contribution in [0.5, 0.6) is 0 Å². The van der Waals surface area contributed by atoms with E-state index in [1.165, 1.54) is 12.1 Å². The highest BCUT2D eigenvalue weighted by Crippen LogP contribution is 2.27. The molecule has 1 aliphatic rings. The second kappa shape index (κ2) is 4.61. The summed E-state index contributed by atoms with van der Waals surface area (Å²) < 4.78 is 31.4. The SMILES string of the molecule is CC1(CNS(=O)(=O)c2ccc(C(=O)O)s2)COC1. The number of rotatable bonds is 5. The van der Waals surface area contributed by atoms with E-state index in [2.05, 4.69) is 4.72 Å². The zero-order valence-electron chi connectivity index (χ0n) is 9.67. The molecule has 0 radical (unpaired) electrons. The molecule has 0 aromatic carbocycles. The van der Waals surface area contributed by atoms with Crippen LogP contribution in [0.25, 0.3) is 0 Å². The Hall–Kier alpha value is -0.960. The molecule has 18 heavy (non-hydrogen) atoms. The zero-order valence-corrected chi connectivity index (χ0v) is 11.3. The summed E-state index contributed by atoms with van der Waals surface area (Å²) in [6.45, 7) is 3.27. The van der Waals surface area contributed by atoms with Crippen molar-refractivity contribution in [3.8, 4) is 0 Å². The Balaban J connectivity index is 2.07. The van der Waals surface area contributed by atoms with Crippen molar-refractivity contribution in [3.63, 3.8) is 0 Å². The van der Waals surface area contributed by atoms with E-state index in [0.717, 1.165) is 11.3 Å². The number of thiophene rings is 1. The van der Waals surface area contributed by atoms with Gasteiger partial charge in [0.15, 0.2) is 0 Å². The second-order valence-electron chi connectivity index (χ2n) is 4.55. The molecule has 1 aromatic heterocycles. The number of ether oxygens (including phenoxy) is 1. The highest BCUT2D eigenvalue weighted by Gasteiger charge is 2.34. The summed E-state index contributed by atoms with van der Waals surface area (Å²) in [6.07, 6.45) is 0. The predicted octanol–water partition coefficient (Wildman–Crippen LogP) is 0.761. The van der Waals surface area contributed by atoms with Gasteiger partial charge in [-0.1, -0.05) is 6.92 Å².